The minimum atomic E-state index is -2.68. The highest BCUT2D eigenvalue weighted by atomic mass is 16.1. The van der Waals surface area contributed by atoms with E-state index >= 15 is 0 Å². The first-order valence-electron chi connectivity index (χ1n) is 2.70. The Morgan fingerprint density at radius 3 is 3.50 bits per heavy atom. The Balaban J connectivity index is 3.82. The normalized spacial score (nSPS) is 23.0. The second-order valence-corrected chi connectivity index (χ2v) is 0.329. The van der Waals surface area contributed by atoms with Gasteiger partial charge in [0.15, 0.2) is 1.41 Å². The fourth-order valence-corrected chi connectivity index (χ4v) is 0. The van der Waals surface area contributed by atoms with Gasteiger partial charge in [0.2, 0.25) is 5.91 Å². The number of hydrogen-bond donors (Lipinski definition) is 1. The van der Waals surface area contributed by atoms with Crippen molar-refractivity contribution in [3.05, 3.63) is 0 Å². The van der Waals surface area contributed by atoms with Gasteiger partial charge in [0, 0.05) is 11.0 Å². The van der Waals surface area contributed by atoms with E-state index in [0.717, 1.165) is 0 Å². The van der Waals surface area contributed by atoms with Crippen LogP contribution in [0.5, 0.6) is 0 Å². The van der Waals surface area contributed by atoms with Crippen LogP contribution in [0.3, 0.4) is 0 Å². The van der Waals surface area contributed by atoms with E-state index in [1.165, 1.54) is 5.73 Å². The van der Waals surface area contributed by atoms with Crippen LogP contribution in [-0.4, -0.2) is 5.91 Å². The summed E-state index contributed by atoms with van der Waals surface area (Å²) in [6, 6.07) is 0. The van der Waals surface area contributed by atoms with E-state index in [1.54, 1.807) is 0 Å². The number of carbonyl (C=O) groups excluding carboxylic acids is 1. The van der Waals surface area contributed by atoms with Crippen molar-refractivity contribution >= 4 is 5.91 Å². The first kappa shape index (κ1) is 0.506. The summed E-state index contributed by atoms with van der Waals surface area (Å²) in [5.74, 6) is -1.25. The minimum Gasteiger partial charge on any atom is -0.370 e. The molecule has 0 atom stereocenters. The van der Waals surface area contributed by atoms with Gasteiger partial charge in [-0.3, -0.25) is 4.79 Å². The van der Waals surface area contributed by atoms with Gasteiger partial charge in [-0.25, -0.2) is 0 Å². The molecule has 1 amide bonds. The van der Waals surface area contributed by atoms with Crippen LogP contribution in [-0.2, 0) is 4.79 Å². The molecule has 0 aromatic carbocycles. The van der Waals surface area contributed by atoms with Crippen molar-refractivity contribution in [3.8, 4) is 0 Å². The Bertz CT molecular complexity index is 96.7. The number of primary amides is 1. The molecule has 0 aliphatic rings. The molecule has 0 aromatic rings. The molecule has 0 aromatic heterocycles. The van der Waals surface area contributed by atoms with Gasteiger partial charge in [0.25, 0.3) is 0 Å². The zero-order valence-corrected chi connectivity index (χ0v) is 1.91. The molecule has 0 radical (unpaired) electrons. The summed E-state index contributed by atoms with van der Waals surface area (Å²) < 4.78 is 25.1. The summed E-state index contributed by atoms with van der Waals surface area (Å²) in [6.07, 6.45) is 0. The Morgan fingerprint density at radius 2 is 3.50 bits per heavy atom. The Labute approximate surface area is 30.3 Å². The fourth-order valence-electron chi connectivity index (χ4n) is 0. The molecule has 24 valence electrons. The molecule has 0 aliphatic carbocycles. The van der Waals surface area contributed by atoms with Gasteiger partial charge in [-0.15, -0.1) is 0 Å². The van der Waals surface area contributed by atoms with Crippen LogP contribution in [0.1, 0.15) is 11.0 Å². The highest BCUT2D eigenvalue weighted by Gasteiger charge is 1.61. The average Bonchev–Trinajstić information content (AvgIpc) is 1.62. The molecule has 0 spiro atoms. The third-order valence-corrected chi connectivity index (χ3v) is 0. The molecule has 0 saturated heterocycles. The first-order valence-corrected chi connectivity index (χ1v) is 0.704. The van der Waals surface area contributed by atoms with E-state index < -0.39 is 12.8 Å². The number of amides is 1. The van der Waals surface area contributed by atoms with Crippen molar-refractivity contribution in [1.29, 1.82) is 0 Å². The first-order chi connectivity index (χ1) is 3.48. The fraction of sp³-hybridized carbons (Fsp3) is 0.500. The standard InChI is InChI=1S/C2H5NO/c1-2(3)4/h1H3,(H2,3,4)/i1D3/hD. The molecule has 2 nitrogen and oxygen atoms in total. The molecule has 4 heavy (non-hydrogen) atoms. The summed E-state index contributed by atoms with van der Waals surface area (Å²) in [6.45, 7) is -2.68. The summed E-state index contributed by atoms with van der Waals surface area (Å²) in [7, 11) is 0. The van der Waals surface area contributed by atoms with Gasteiger partial charge < -0.3 is 5.73 Å². The van der Waals surface area contributed by atoms with Crippen LogP contribution in [0.15, 0.2) is 0 Å². The largest absolute Gasteiger partial charge is 0.370 e. The van der Waals surface area contributed by atoms with Gasteiger partial charge in [-0.1, -0.05) is 0 Å². The van der Waals surface area contributed by atoms with E-state index in [9.17, 15) is 4.79 Å². The van der Waals surface area contributed by atoms with Gasteiger partial charge in [-0.05, 0) is 0 Å². The second kappa shape index (κ2) is 0.875. The van der Waals surface area contributed by atoms with Gasteiger partial charge in [0.05, 0.1) is 0 Å². The number of rotatable bonds is 0. The molecule has 0 rings (SSSR count). The van der Waals surface area contributed by atoms with Gasteiger partial charge in [-0.2, -0.15) is 0 Å². The smallest absolute Gasteiger partial charge is 0.214 e. The molecule has 0 unspecified atom stereocenters. The SMILES string of the molecule is [2H]NC(=O)C([2H])([2H])[2H]. The lowest BCUT2D eigenvalue weighted by Crippen LogP contribution is -2.01. The van der Waals surface area contributed by atoms with Gasteiger partial charge in [0.1, 0.15) is 0 Å². The molecule has 0 heterocycles. The summed E-state index contributed by atoms with van der Waals surface area (Å²) >= 11 is 0. The van der Waals surface area contributed by atoms with Gasteiger partial charge >= 0.3 is 0 Å². The Morgan fingerprint density at radius 1 is 2.75 bits per heavy atom. The predicted octanol–water partition coefficient (Wildman–Crippen LogP) is -0.508. The maximum atomic E-state index is 9.97. The third-order valence-electron chi connectivity index (χ3n) is 0. The van der Waals surface area contributed by atoms with Crippen LogP contribution in [0.25, 0.3) is 0 Å². The van der Waals surface area contributed by atoms with Crippen LogP contribution in [0, 0.1) is 0 Å². The van der Waals surface area contributed by atoms with Crippen molar-refractivity contribution in [2.45, 2.75) is 6.85 Å². The van der Waals surface area contributed by atoms with Crippen LogP contribution in [0.4, 0.5) is 0 Å². The van der Waals surface area contributed by atoms with Crippen LogP contribution in [0.2, 0.25) is 1.41 Å². The predicted molar refractivity (Wildman–Crippen MR) is 14.9 cm³/mol. The molecule has 0 bridgehead atoms. The van der Waals surface area contributed by atoms with Crippen LogP contribution < -0.4 is 5.73 Å². The molecular formula is C2H5NO. The van der Waals surface area contributed by atoms with E-state index in [1.807, 2.05) is 0 Å². The van der Waals surface area contributed by atoms with E-state index in [-0.39, 0.29) is 0 Å². The lowest BCUT2D eigenvalue weighted by Gasteiger charge is -1.60. The molecule has 0 aliphatic heterocycles. The zero-order chi connectivity index (χ0) is 6.78. The quantitative estimate of drug-likeness (QED) is 0.404. The summed E-state index contributed by atoms with van der Waals surface area (Å²) in [5.41, 5.74) is 1.25. The monoisotopic (exact) mass is 63.1 g/mol. The van der Waals surface area contributed by atoms with Crippen molar-refractivity contribution in [1.82, 2.24) is 0 Å². The van der Waals surface area contributed by atoms with Crippen molar-refractivity contribution in [2.75, 3.05) is 0 Å². The highest BCUT2D eigenvalue weighted by Crippen LogP contribution is 1.33. The van der Waals surface area contributed by atoms with Crippen molar-refractivity contribution in [3.63, 3.8) is 0 Å². The van der Waals surface area contributed by atoms with E-state index in [4.69, 9.17) is 5.52 Å². The number of nitrogens with two attached hydrogens (primary N) is 1. The van der Waals surface area contributed by atoms with E-state index in [2.05, 4.69) is 0 Å². The third kappa shape index (κ3) is 1.16. The molecule has 0 fully saturated rings. The van der Waals surface area contributed by atoms with Crippen molar-refractivity contribution < 1.29 is 10.3 Å². The Kier molecular flexibility index (Phi) is 0.111. The number of hydrogen-bond acceptors (Lipinski definition) is 1. The lowest BCUT2D eigenvalue weighted by molar-refractivity contribution is -0.115. The molecule has 2 heteroatoms. The summed E-state index contributed by atoms with van der Waals surface area (Å²) in [4.78, 5) is 9.97. The maximum absolute atomic E-state index is 9.97. The summed E-state index contributed by atoms with van der Waals surface area (Å²) in [5, 5.41) is 0. The van der Waals surface area contributed by atoms with E-state index in [0.29, 0.717) is 0 Å². The number of carbonyl (C=O) groups is 1. The van der Waals surface area contributed by atoms with Crippen molar-refractivity contribution in [2.24, 2.45) is 5.73 Å². The topological polar surface area (TPSA) is 43.1 Å². The zero-order valence-electron chi connectivity index (χ0n) is 5.91. The lowest BCUT2D eigenvalue weighted by atomic mass is 10.8. The second-order valence-electron chi connectivity index (χ2n) is 0.329. The average molecular weight is 63.1 g/mol. The minimum absolute atomic E-state index is 1.25. The molecule has 2 N–H and O–H groups in total. The molecule has 0 saturated carbocycles. The molecular weight excluding hydrogens is 54.0 g/mol. The maximum Gasteiger partial charge on any atom is 0.214 e. The Hall–Kier alpha value is -0.530. The van der Waals surface area contributed by atoms with Crippen LogP contribution >= 0.6 is 0 Å². The highest BCUT2D eigenvalue weighted by molar-refractivity contribution is 5.70.